The molecule has 110 valence electrons. The molecule has 0 aliphatic heterocycles. The molecule has 0 aliphatic carbocycles. The summed E-state index contributed by atoms with van der Waals surface area (Å²) >= 11 is 0. The van der Waals surface area contributed by atoms with E-state index >= 15 is 0 Å². The van der Waals surface area contributed by atoms with Crippen LogP contribution in [0.1, 0.15) is 33.5 Å². The van der Waals surface area contributed by atoms with Gasteiger partial charge < -0.3 is 5.32 Å². The van der Waals surface area contributed by atoms with Crippen LogP contribution in [-0.4, -0.2) is 12.5 Å². The first-order chi connectivity index (χ1) is 10.1. The van der Waals surface area contributed by atoms with E-state index in [1.165, 1.54) is 12.1 Å². The lowest BCUT2D eigenvalue weighted by Gasteiger charge is -2.08. The maximum atomic E-state index is 12.8. The Labute approximate surface area is 125 Å². The molecule has 0 aromatic heterocycles. The monoisotopic (exact) mass is 285 g/mol. The fourth-order valence-corrected chi connectivity index (χ4v) is 2.22. The van der Waals surface area contributed by atoms with Gasteiger partial charge in [0.15, 0.2) is 0 Å². The van der Waals surface area contributed by atoms with Gasteiger partial charge in [-0.25, -0.2) is 4.39 Å². The molecule has 0 aliphatic rings. The third-order valence-electron chi connectivity index (χ3n) is 3.48. The Morgan fingerprint density at radius 3 is 2.52 bits per heavy atom. The Hall–Kier alpha value is -2.16. The highest BCUT2D eigenvalue weighted by atomic mass is 19.1. The largest absolute Gasteiger partial charge is 0.352 e. The molecule has 0 atom stereocenters. The molecular weight excluding hydrogens is 265 g/mol. The van der Waals surface area contributed by atoms with Gasteiger partial charge in [-0.05, 0) is 56.0 Å². The first-order valence-electron chi connectivity index (χ1n) is 7.16. The van der Waals surface area contributed by atoms with Gasteiger partial charge in [0.25, 0.3) is 5.91 Å². The third kappa shape index (κ3) is 4.42. The molecule has 2 nitrogen and oxygen atoms in total. The Balaban J connectivity index is 1.81. The molecular formula is C18H20FNO. The molecule has 0 bridgehead atoms. The van der Waals surface area contributed by atoms with Crippen LogP contribution >= 0.6 is 0 Å². The lowest BCUT2D eigenvalue weighted by atomic mass is 10.0. The van der Waals surface area contributed by atoms with Gasteiger partial charge >= 0.3 is 0 Å². The topological polar surface area (TPSA) is 29.1 Å². The minimum Gasteiger partial charge on any atom is -0.352 e. The van der Waals surface area contributed by atoms with Gasteiger partial charge in [-0.15, -0.1) is 0 Å². The van der Waals surface area contributed by atoms with Gasteiger partial charge in [0, 0.05) is 12.1 Å². The average Bonchev–Trinajstić information content (AvgIpc) is 2.47. The van der Waals surface area contributed by atoms with Crippen molar-refractivity contribution >= 4 is 5.91 Å². The summed E-state index contributed by atoms with van der Waals surface area (Å²) in [7, 11) is 0. The number of benzene rings is 2. The molecule has 2 rings (SSSR count). The van der Waals surface area contributed by atoms with E-state index in [-0.39, 0.29) is 11.7 Å². The Morgan fingerprint density at radius 2 is 1.81 bits per heavy atom. The molecule has 0 spiro atoms. The van der Waals surface area contributed by atoms with Gasteiger partial charge in [-0.2, -0.15) is 0 Å². The Kier molecular flexibility index (Phi) is 5.09. The van der Waals surface area contributed by atoms with Crippen LogP contribution in [0, 0.1) is 19.7 Å². The number of carbonyl (C=O) groups is 1. The number of halogens is 1. The molecule has 0 fully saturated rings. The zero-order valence-corrected chi connectivity index (χ0v) is 12.4. The molecule has 0 saturated heterocycles. The van der Waals surface area contributed by atoms with E-state index in [4.69, 9.17) is 0 Å². The molecule has 2 aromatic carbocycles. The molecule has 2 aromatic rings. The number of hydrogen-bond donors (Lipinski definition) is 1. The fourth-order valence-electron chi connectivity index (χ4n) is 2.22. The minimum absolute atomic E-state index is 0.0321. The van der Waals surface area contributed by atoms with Crippen LogP contribution in [0.3, 0.4) is 0 Å². The van der Waals surface area contributed by atoms with Gasteiger partial charge in [0.05, 0.1) is 0 Å². The molecule has 0 unspecified atom stereocenters. The highest BCUT2D eigenvalue weighted by molar-refractivity contribution is 5.95. The first-order valence-corrected chi connectivity index (χ1v) is 7.16. The summed E-state index contributed by atoms with van der Waals surface area (Å²) in [6.07, 6.45) is 1.66. The summed E-state index contributed by atoms with van der Waals surface area (Å²) in [6, 6.07) is 12.4. The highest BCUT2D eigenvalue weighted by Crippen LogP contribution is 2.10. The van der Waals surface area contributed by atoms with Crippen LogP contribution < -0.4 is 5.32 Å². The number of carbonyl (C=O) groups excluding carboxylic acids is 1. The standard InChI is InChI=1S/C18H20FNO/c1-13-5-6-14(2)17(12-13)18(21)20-11-3-4-15-7-9-16(19)10-8-15/h5-10,12H,3-4,11H2,1-2H3,(H,20,21). The van der Waals surface area contributed by atoms with E-state index in [0.717, 1.165) is 35.1 Å². The predicted octanol–water partition coefficient (Wildman–Crippen LogP) is 3.81. The number of rotatable bonds is 5. The number of aryl methyl sites for hydroxylation is 3. The smallest absolute Gasteiger partial charge is 0.251 e. The van der Waals surface area contributed by atoms with Crippen LogP contribution in [0.5, 0.6) is 0 Å². The van der Waals surface area contributed by atoms with Crippen molar-refractivity contribution in [2.75, 3.05) is 6.54 Å². The SMILES string of the molecule is Cc1ccc(C)c(C(=O)NCCCc2ccc(F)cc2)c1. The van der Waals surface area contributed by atoms with E-state index in [0.29, 0.717) is 6.54 Å². The van der Waals surface area contributed by atoms with Crippen molar-refractivity contribution in [2.24, 2.45) is 0 Å². The molecule has 1 N–H and O–H groups in total. The van der Waals surface area contributed by atoms with Crippen LogP contribution in [0.4, 0.5) is 4.39 Å². The summed E-state index contributed by atoms with van der Waals surface area (Å²) in [4.78, 5) is 12.1. The molecule has 0 heterocycles. The summed E-state index contributed by atoms with van der Waals surface area (Å²) in [6.45, 7) is 4.53. The Bertz CT molecular complexity index is 620. The van der Waals surface area contributed by atoms with Crippen LogP contribution in [0.25, 0.3) is 0 Å². The van der Waals surface area contributed by atoms with Crippen molar-refractivity contribution in [2.45, 2.75) is 26.7 Å². The van der Waals surface area contributed by atoms with E-state index in [1.54, 1.807) is 12.1 Å². The van der Waals surface area contributed by atoms with Gasteiger partial charge in [0.1, 0.15) is 5.82 Å². The fraction of sp³-hybridized carbons (Fsp3) is 0.278. The molecule has 0 radical (unpaired) electrons. The first kappa shape index (κ1) is 15.2. The quantitative estimate of drug-likeness (QED) is 0.832. The van der Waals surface area contributed by atoms with Crippen LogP contribution in [0.15, 0.2) is 42.5 Å². The van der Waals surface area contributed by atoms with Crippen molar-refractivity contribution in [1.29, 1.82) is 0 Å². The molecule has 0 saturated carbocycles. The van der Waals surface area contributed by atoms with E-state index < -0.39 is 0 Å². The molecule has 3 heteroatoms. The molecule has 1 amide bonds. The summed E-state index contributed by atoms with van der Waals surface area (Å²) in [5.74, 6) is -0.253. The Morgan fingerprint density at radius 1 is 1.10 bits per heavy atom. The maximum Gasteiger partial charge on any atom is 0.251 e. The van der Waals surface area contributed by atoms with E-state index in [2.05, 4.69) is 5.32 Å². The number of amides is 1. The van der Waals surface area contributed by atoms with Crippen molar-refractivity contribution in [3.63, 3.8) is 0 Å². The lowest BCUT2D eigenvalue weighted by Crippen LogP contribution is -2.25. The summed E-state index contributed by atoms with van der Waals surface area (Å²) in [5.41, 5.74) is 3.88. The zero-order chi connectivity index (χ0) is 15.2. The highest BCUT2D eigenvalue weighted by Gasteiger charge is 2.08. The second kappa shape index (κ2) is 7.02. The number of nitrogens with one attached hydrogen (secondary N) is 1. The van der Waals surface area contributed by atoms with Gasteiger partial charge in [-0.3, -0.25) is 4.79 Å². The lowest BCUT2D eigenvalue weighted by molar-refractivity contribution is 0.0952. The van der Waals surface area contributed by atoms with Gasteiger partial charge in [0.2, 0.25) is 0 Å². The van der Waals surface area contributed by atoms with Crippen LogP contribution in [0.2, 0.25) is 0 Å². The summed E-state index contributed by atoms with van der Waals surface area (Å²) < 4.78 is 12.8. The third-order valence-corrected chi connectivity index (χ3v) is 3.48. The van der Waals surface area contributed by atoms with Crippen molar-refractivity contribution in [3.8, 4) is 0 Å². The minimum atomic E-state index is -0.220. The number of hydrogen-bond acceptors (Lipinski definition) is 1. The van der Waals surface area contributed by atoms with Crippen molar-refractivity contribution in [3.05, 3.63) is 70.5 Å². The maximum absolute atomic E-state index is 12.8. The zero-order valence-electron chi connectivity index (χ0n) is 12.4. The summed E-state index contributed by atoms with van der Waals surface area (Å²) in [5, 5.41) is 2.94. The van der Waals surface area contributed by atoms with Gasteiger partial charge in [-0.1, -0.05) is 29.8 Å². The van der Waals surface area contributed by atoms with E-state index in [9.17, 15) is 9.18 Å². The van der Waals surface area contributed by atoms with E-state index in [1.807, 2.05) is 32.0 Å². The normalized spacial score (nSPS) is 10.4. The average molecular weight is 285 g/mol. The van der Waals surface area contributed by atoms with Crippen molar-refractivity contribution < 1.29 is 9.18 Å². The predicted molar refractivity (Wildman–Crippen MR) is 83.0 cm³/mol. The second-order valence-electron chi connectivity index (χ2n) is 5.30. The second-order valence-corrected chi connectivity index (χ2v) is 5.30. The van der Waals surface area contributed by atoms with Crippen molar-refractivity contribution in [1.82, 2.24) is 5.32 Å². The van der Waals surface area contributed by atoms with Crippen LogP contribution in [-0.2, 0) is 6.42 Å². The molecule has 21 heavy (non-hydrogen) atoms.